The molecule has 0 spiro atoms. The molecule has 1 aliphatic heterocycles. The summed E-state index contributed by atoms with van der Waals surface area (Å²) in [5.74, 6) is 0.224. The molecule has 142 valence electrons. The van der Waals surface area contributed by atoms with E-state index in [0.29, 0.717) is 30.0 Å². The quantitative estimate of drug-likeness (QED) is 0.889. The fraction of sp³-hybridized carbons (Fsp3) is 0.550. The number of nitrogens with one attached hydrogen (secondary N) is 1. The molecular formula is C20H30N4O2. The number of likely N-dealkylation sites (N-methyl/N-ethyl adjacent to an activating group) is 1. The van der Waals surface area contributed by atoms with Crippen molar-refractivity contribution >= 4 is 17.0 Å². The van der Waals surface area contributed by atoms with Gasteiger partial charge in [-0.15, -0.1) is 0 Å². The Hall–Kier alpha value is -2.05. The van der Waals surface area contributed by atoms with Crippen molar-refractivity contribution in [2.24, 2.45) is 0 Å². The molecule has 2 aromatic rings. The summed E-state index contributed by atoms with van der Waals surface area (Å²) in [6, 6.07) is 5.53. The van der Waals surface area contributed by atoms with E-state index >= 15 is 0 Å². The maximum atomic E-state index is 12.8. The summed E-state index contributed by atoms with van der Waals surface area (Å²) in [6.45, 7) is -1.07. The second kappa shape index (κ2) is 8.10. The maximum absolute atomic E-state index is 12.8. The lowest BCUT2D eigenvalue weighted by atomic mass is 10.0. The zero-order valence-electron chi connectivity index (χ0n) is 19.9. The monoisotopic (exact) mass is 362 g/mol. The van der Waals surface area contributed by atoms with Crippen LogP contribution in [0.4, 0.5) is 4.79 Å². The van der Waals surface area contributed by atoms with Crippen molar-refractivity contribution in [1.29, 1.82) is 0 Å². The van der Waals surface area contributed by atoms with Crippen LogP contribution < -0.4 is 4.74 Å². The predicted molar refractivity (Wildman–Crippen MR) is 105 cm³/mol. The highest BCUT2D eigenvalue weighted by Crippen LogP contribution is 2.30. The lowest BCUT2D eigenvalue weighted by Crippen LogP contribution is -2.45. The van der Waals surface area contributed by atoms with Crippen LogP contribution >= 0.6 is 0 Å². The molecule has 6 nitrogen and oxygen atoms in total. The van der Waals surface area contributed by atoms with Gasteiger partial charge in [-0.1, -0.05) is 6.07 Å². The molecular weight excluding hydrogens is 328 g/mol. The summed E-state index contributed by atoms with van der Waals surface area (Å²) in [5, 5.41) is 0.379. The number of carbonyl (C=O) groups excluding carboxylic acids is 1. The molecule has 26 heavy (non-hydrogen) atoms. The number of aromatic nitrogens is 1. The van der Waals surface area contributed by atoms with E-state index in [1.54, 1.807) is 23.1 Å². The Morgan fingerprint density at radius 1 is 1.31 bits per heavy atom. The Morgan fingerprint density at radius 3 is 2.69 bits per heavy atom. The summed E-state index contributed by atoms with van der Waals surface area (Å²) < 4.78 is 39.2. The van der Waals surface area contributed by atoms with Gasteiger partial charge in [0.1, 0.15) is 5.75 Å². The first-order chi connectivity index (χ1) is 14.0. The molecule has 1 aromatic heterocycles. The number of rotatable bonds is 5. The lowest BCUT2D eigenvalue weighted by Gasteiger charge is -2.34. The number of ether oxygens (including phenoxy) is 1. The molecule has 1 aromatic carbocycles. The average molecular weight is 363 g/mol. The number of amides is 1. The Morgan fingerprint density at radius 2 is 2.04 bits per heavy atom. The van der Waals surface area contributed by atoms with Crippen LogP contribution in [0.2, 0.25) is 0 Å². The zero-order valence-corrected chi connectivity index (χ0v) is 15.9. The van der Waals surface area contributed by atoms with Gasteiger partial charge in [0.25, 0.3) is 0 Å². The van der Waals surface area contributed by atoms with Crippen LogP contribution in [0.5, 0.6) is 5.75 Å². The highest BCUT2D eigenvalue weighted by atomic mass is 16.6. The second-order valence-electron chi connectivity index (χ2n) is 7.06. The number of carbonyl (C=O) groups is 1. The minimum atomic E-state index is -2.35. The van der Waals surface area contributed by atoms with Gasteiger partial charge >= 0.3 is 6.09 Å². The summed E-state index contributed by atoms with van der Waals surface area (Å²) in [5.41, 5.74) is 0.700. The Balaban J connectivity index is 1.89. The smallest absolute Gasteiger partial charge is 0.409 e. The fourth-order valence-electron chi connectivity index (χ4n) is 3.23. The first-order valence-corrected chi connectivity index (χ1v) is 8.88. The molecule has 1 amide bonds. The van der Waals surface area contributed by atoms with E-state index in [4.69, 9.17) is 10.2 Å². The molecule has 0 bridgehead atoms. The van der Waals surface area contributed by atoms with Crippen molar-refractivity contribution < 1.29 is 15.0 Å². The van der Waals surface area contributed by atoms with E-state index < -0.39 is 19.0 Å². The Bertz CT molecular complexity index is 905. The van der Waals surface area contributed by atoms with Gasteiger partial charge in [0.15, 0.2) is 0 Å². The van der Waals surface area contributed by atoms with E-state index in [1.165, 1.54) is 25.2 Å². The standard InChI is InChI=1S/C20H30N4O2/c1-22(2)11-8-15-14-21-17-6-5-7-18(19(15)17)26-20(25)24-12-9-16(10-13-24)23(3)4/h5-7,14,16,21H,8-13H2,1-4H3/i8D2,11D2. The molecule has 1 fully saturated rings. The summed E-state index contributed by atoms with van der Waals surface area (Å²) in [4.78, 5) is 20.8. The number of aromatic amines is 1. The number of likely N-dealkylation sites (tertiary alicyclic amines) is 1. The van der Waals surface area contributed by atoms with Crippen LogP contribution in [0.1, 0.15) is 23.9 Å². The van der Waals surface area contributed by atoms with Crippen molar-refractivity contribution in [1.82, 2.24) is 19.7 Å². The molecule has 0 atom stereocenters. The third-order valence-corrected chi connectivity index (χ3v) is 4.73. The molecule has 0 aliphatic carbocycles. The number of benzene rings is 1. The molecule has 1 aliphatic rings. The minimum Gasteiger partial charge on any atom is -0.409 e. The number of nitrogens with zero attached hydrogens (tertiary/aromatic N) is 3. The minimum absolute atomic E-state index is 0.117. The fourth-order valence-corrected chi connectivity index (χ4v) is 3.23. The van der Waals surface area contributed by atoms with Gasteiger partial charge in [-0.2, -0.15) is 0 Å². The average Bonchev–Trinajstić information content (AvgIpc) is 3.13. The van der Waals surface area contributed by atoms with E-state index in [0.717, 1.165) is 12.8 Å². The summed E-state index contributed by atoms with van der Waals surface area (Å²) in [7, 11) is 7.05. The number of hydrogen-bond acceptors (Lipinski definition) is 4. The van der Waals surface area contributed by atoms with Crippen LogP contribution in [0, 0.1) is 0 Å². The first kappa shape index (κ1) is 14.1. The van der Waals surface area contributed by atoms with Gasteiger partial charge in [-0.3, -0.25) is 0 Å². The van der Waals surface area contributed by atoms with Crippen LogP contribution in [-0.2, 0) is 6.37 Å². The SMILES string of the molecule is [2H]C([2H])(c1c[nH]c2cccc(OC(=O)N3CCC(N(C)C)CC3)c12)C([2H])([2H])N(C)C. The second-order valence-corrected chi connectivity index (χ2v) is 7.06. The van der Waals surface area contributed by atoms with Crippen LogP contribution in [-0.4, -0.2) is 79.6 Å². The molecule has 1 N–H and O–H groups in total. The number of fused-ring (bicyclic) bond motifs is 1. The van der Waals surface area contributed by atoms with Gasteiger partial charge in [0, 0.05) is 48.2 Å². The number of H-pyrrole nitrogens is 1. The normalized spacial score (nSPS) is 19.4. The van der Waals surface area contributed by atoms with Crippen LogP contribution in [0.25, 0.3) is 10.9 Å². The van der Waals surface area contributed by atoms with Crippen LogP contribution in [0.3, 0.4) is 0 Å². The topological polar surface area (TPSA) is 51.8 Å². The zero-order chi connectivity index (χ0) is 22.3. The van der Waals surface area contributed by atoms with E-state index in [1.807, 2.05) is 14.1 Å². The van der Waals surface area contributed by atoms with Gasteiger partial charge in [0.2, 0.25) is 0 Å². The highest BCUT2D eigenvalue weighted by Gasteiger charge is 2.25. The molecule has 2 heterocycles. The van der Waals surface area contributed by atoms with Crippen molar-refractivity contribution in [3.63, 3.8) is 0 Å². The van der Waals surface area contributed by atoms with Gasteiger partial charge in [0.05, 0.1) is 0 Å². The maximum Gasteiger partial charge on any atom is 0.415 e. The van der Waals surface area contributed by atoms with Crippen LogP contribution in [0.15, 0.2) is 24.4 Å². The number of aryl methyl sites for hydroxylation is 1. The summed E-state index contributed by atoms with van der Waals surface area (Å²) in [6.07, 6.45) is 0.372. The van der Waals surface area contributed by atoms with Crippen molar-refractivity contribution in [2.75, 3.05) is 47.8 Å². The molecule has 6 heteroatoms. The third kappa shape index (κ3) is 4.19. The van der Waals surface area contributed by atoms with E-state index in [2.05, 4.69) is 9.88 Å². The number of hydrogen-bond donors (Lipinski definition) is 1. The predicted octanol–water partition coefficient (Wildman–Crippen LogP) is 2.80. The third-order valence-electron chi connectivity index (χ3n) is 4.73. The lowest BCUT2D eigenvalue weighted by molar-refractivity contribution is 0.118. The van der Waals surface area contributed by atoms with E-state index in [9.17, 15) is 4.79 Å². The van der Waals surface area contributed by atoms with Crippen molar-refractivity contribution in [2.45, 2.75) is 25.3 Å². The van der Waals surface area contributed by atoms with Crippen molar-refractivity contribution in [3.8, 4) is 5.75 Å². The molecule has 0 unspecified atom stereocenters. The van der Waals surface area contributed by atoms with Gasteiger partial charge < -0.3 is 24.4 Å². The molecule has 3 rings (SSSR count). The number of piperidine rings is 1. The largest absolute Gasteiger partial charge is 0.415 e. The molecule has 0 saturated carbocycles. The highest BCUT2D eigenvalue weighted by molar-refractivity contribution is 5.91. The van der Waals surface area contributed by atoms with E-state index in [-0.39, 0.29) is 11.3 Å². The Kier molecular flexibility index (Phi) is 4.38. The summed E-state index contributed by atoms with van der Waals surface area (Å²) >= 11 is 0. The van der Waals surface area contributed by atoms with Crippen molar-refractivity contribution in [3.05, 3.63) is 30.0 Å². The first-order valence-electron chi connectivity index (χ1n) is 10.9. The molecule has 0 radical (unpaired) electrons. The van der Waals surface area contributed by atoms with Gasteiger partial charge in [-0.05, 0) is 65.1 Å². The van der Waals surface area contributed by atoms with Gasteiger partial charge in [-0.25, -0.2) is 4.79 Å². The molecule has 1 saturated heterocycles. The Labute approximate surface area is 161 Å².